The van der Waals surface area contributed by atoms with Crippen LogP contribution in [0.3, 0.4) is 0 Å². The molecule has 0 radical (unpaired) electrons. The van der Waals surface area contributed by atoms with Crippen LogP contribution in [0.15, 0.2) is 11.4 Å². The summed E-state index contributed by atoms with van der Waals surface area (Å²) in [5.74, 6) is 1.55. The Morgan fingerprint density at radius 2 is 2.28 bits per heavy atom. The number of hydrogen-bond donors (Lipinski definition) is 2. The third-order valence-corrected chi connectivity index (χ3v) is 4.46. The number of hydrogen-bond acceptors (Lipinski definition) is 3. The number of aromatic nitrogens is 2. The predicted molar refractivity (Wildman–Crippen MR) is 75.7 cm³/mol. The van der Waals surface area contributed by atoms with Crippen LogP contribution in [0.25, 0.3) is 11.3 Å². The van der Waals surface area contributed by atoms with E-state index >= 15 is 0 Å². The lowest BCUT2D eigenvalue weighted by Crippen LogP contribution is -2.14. The van der Waals surface area contributed by atoms with Gasteiger partial charge in [0.2, 0.25) is 0 Å². The van der Waals surface area contributed by atoms with Gasteiger partial charge in [-0.15, -0.1) is 11.3 Å². The Morgan fingerprint density at radius 3 is 3.06 bits per heavy atom. The third-order valence-electron chi connectivity index (χ3n) is 3.48. The molecule has 0 fully saturated rings. The van der Waals surface area contributed by atoms with Gasteiger partial charge >= 0.3 is 0 Å². The van der Waals surface area contributed by atoms with E-state index in [1.165, 1.54) is 16.1 Å². The normalized spacial score (nSPS) is 15.6. The number of imidazole rings is 1. The van der Waals surface area contributed by atoms with E-state index < -0.39 is 0 Å². The van der Waals surface area contributed by atoms with Crippen LogP contribution in [0.2, 0.25) is 0 Å². The van der Waals surface area contributed by atoms with Gasteiger partial charge in [0.1, 0.15) is 5.82 Å². The lowest BCUT2D eigenvalue weighted by molar-refractivity contribution is 0.495. The Balaban J connectivity index is 1.94. The summed E-state index contributed by atoms with van der Waals surface area (Å²) in [6.45, 7) is 4.39. The number of thiophene rings is 1. The number of rotatable bonds is 3. The summed E-state index contributed by atoms with van der Waals surface area (Å²) in [5.41, 5.74) is 9.91. The molecule has 0 spiro atoms. The minimum Gasteiger partial charge on any atom is -0.344 e. The van der Waals surface area contributed by atoms with Crippen LogP contribution in [0.5, 0.6) is 0 Å². The summed E-state index contributed by atoms with van der Waals surface area (Å²) in [6, 6.07) is 2.20. The van der Waals surface area contributed by atoms with Crippen molar-refractivity contribution in [2.45, 2.75) is 39.2 Å². The number of fused-ring (bicyclic) bond motifs is 3. The molecule has 0 saturated heterocycles. The number of H-pyrrole nitrogens is 1. The van der Waals surface area contributed by atoms with Crippen molar-refractivity contribution in [3.05, 3.63) is 27.8 Å². The van der Waals surface area contributed by atoms with Gasteiger partial charge in [-0.1, -0.05) is 13.8 Å². The summed E-state index contributed by atoms with van der Waals surface area (Å²) in [6.07, 6.45) is 3.16. The van der Waals surface area contributed by atoms with Crippen LogP contribution in [-0.2, 0) is 12.8 Å². The number of aryl methyl sites for hydroxylation is 2. The number of nitrogens with two attached hydrogens (primary N) is 1. The van der Waals surface area contributed by atoms with Gasteiger partial charge < -0.3 is 10.7 Å². The van der Waals surface area contributed by atoms with E-state index in [2.05, 4.69) is 30.3 Å². The number of aromatic amines is 1. The van der Waals surface area contributed by atoms with E-state index in [4.69, 9.17) is 10.7 Å². The maximum absolute atomic E-state index is 6.21. The largest absolute Gasteiger partial charge is 0.344 e. The fourth-order valence-corrected chi connectivity index (χ4v) is 3.49. The zero-order valence-corrected chi connectivity index (χ0v) is 11.7. The van der Waals surface area contributed by atoms with Crippen molar-refractivity contribution in [3.8, 4) is 11.3 Å². The lowest BCUT2D eigenvalue weighted by atomic mass is 10.0. The molecule has 0 aliphatic heterocycles. The van der Waals surface area contributed by atoms with Crippen LogP contribution >= 0.6 is 11.3 Å². The molecule has 18 heavy (non-hydrogen) atoms. The Morgan fingerprint density at radius 1 is 1.44 bits per heavy atom. The second-order valence-electron chi connectivity index (χ2n) is 5.44. The van der Waals surface area contributed by atoms with E-state index in [1.54, 1.807) is 0 Å². The van der Waals surface area contributed by atoms with E-state index in [-0.39, 0.29) is 6.04 Å². The van der Waals surface area contributed by atoms with Crippen LogP contribution in [-0.4, -0.2) is 9.97 Å². The zero-order chi connectivity index (χ0) is 12.7. The maximum Gasteiger partial charge on any atom is 0.124 e. The highest BCUT2D eigenvalue weighted by Crippen LogP contribution is 2.36. The van der Waals surface area contributed by atoms with E-state index in [0.717, 1.165) is 30.8 Å². The summed E-state index contributed by atoms with van der Waals surface area (Å²) < 4.78 is 0. The molecule has 1 unspecified atom stereocenters. The minimum atomic E-state index is 0.0256. The Bertz CT molecular complexity index is 553. The van der Waals surface area contributed by atoms with Crippen LogP contribution in [0, 0.1) is 5.92 Å². The molecule has 3 rings (SSSR count). The fourth-order valence-electron chi connectivity index (χ4n) is 2.61. The lowest BCUT2D eigenvalue weighted by Gasteiger charge is -2.10. The molecular weight excluding hydrogens is 242 g/mol. The third kappa shape index (κ3) is 1.99. The van der Waals surface area contributed by atoms with Crippen LogP contribution in [0.4, 0.5) is 0 Å². The number of nitrogens with one attached hydrogen (secondary N) is 1. The minimum absolute atomic E-state index is 0.0256. The highest BCUT2D eigenvalue weighted by atomic mass is 32.1. The first-order valence-corrected chi connectivity index (χ1v) is 7.44. The van der Waals surface area contributed by atoms with Gasteiger partial charge in [-0.25, -0.2) is 4.98 Å². The molecule has 1 aliphatic rings. The van der Waals surface area contributed by atoms with Crippen molar-refractivity contribution in [3.63, 3.8) is 0 Å². The van der Waals surface area contributed by atoms with E-state index in [1.807, 2.05) is 11.3 Å². The zero-order valence-electron chi connectivity index (χ0n) is 10.9. The summed E-state index contributed by atoms with van der Waals surface area (Å²) in [4.78, 5) is 9.64. The molecular formula is C14H19N3S. The number of nitrogens with zero attached hydrogens (tertiary/aromatic N) is 1. The van der Waals surface area contributed by atoms with Crippen LogP contribution < -0.4 is 5.73 Å². The van der Waals surface area contributed by atoms with Crippen molar-refractivity contribution < 1.29 is 0 Å². The molecule has 0 saturated carbocycles. The van der Waals surface area contributed by atoms with E-state index in [0.29, 0.717) is 5.92 Å². The maximum atomic E-state index is 6.21. The fraction of sp³-hybridized carbons (Fsp3) is 0.500. The quantitative estimate of drug-likeness (QED) is 0.891. The second kappa shape index (κ2) is 4.52. The Kier molecular flexibility index (Phi) is 2.99. The molecule has 2 heterocycles. The Labute approximate surface area is 111 Å². The Hall–Kier alpha value is -1.13. The van der Waals surface area contributed by atoms with Crippen molar-refractivity contribution in [2.24, 2.45) is 11.7 Å². The van der Waals surface area contributed by atoms with Gasteiger partial charge in [0.15, 0.2) is 0 Å². The molecule has 3 nitrogen and oxygen atoms in total. The smallest absolute Gasteiger partial charge is 0.124 e. The SMILES string of the molecule is CC(C)CC(N)c1nc2c([nH]1)CCc1sccc1-2. The van der Waals surface area contributed by atoms with Crippen molar-refractivity contribution in [1.82, 2.24) is 9.97 Å². The highest BCUT2D eigenvalue weighted by molar-refractivity contribution is 7.10. The molecule has 96 valence electrons. The van der Waals surface area contributed by atoms with Gasteiger partial charge in [0.05, 0.1) is 11.7 Å². The summed E-state index contributed by atoms with van der Waals surface area (Å²) >= 11 is 1.83. The van der Waals surface area contributed by atoms with Gasteiger partial charge in [-0.2, -0.15) is 0 Å². The van der Waals surface area contributed by atoms with Crippen molar-refractivity contribution in [2.75, 3.05) is 0 Å². The highest BCUT2D eigenvalue weighted by Gasteiger charge is 2.23. The molecule has 2 aromatic rings. The predicted octanol–water partition coefficient (Wildman–Crippen LogP) is 3.28. The molecule has 0 amide bonds. The van der Waals surface area contributed by atoms with Crippen molar-refractivity contribution >= 4 is 11.3 Å². The summed E-state index contributed by atoms with van der Waals surface area (Å²) in [7, 11) is 0. The summed E-state index contributed by atoms with van der Waals surface area (Å²) in [5, 5.41) is 2.15. The van der Waals surface area contributed by atoms with Crippen LogP contribution in [0.1, 0.15) is 42.7 Å². The molecule has 0 aromatic carbocycles. The first kappa shape index (κ1) is 11.9. The van der Waals surface area contributed by atoms with Gasteiger partial charge in [-0.05, 0) is 36.6 Å². The molecule has 1 aliphatic carbocycles. The average Bonchev–Trinajstić information content (AvgIpc) is 2.93. The second-order valence-corrected chi connectivity index (χ2v) is 6.44. The molecule has 2 aromatic heterocycles. The molecule has 4 heteroatoms. The standard InChI is InChI=1S/C14H19N3S/c1-8(2)7-10(15)14-16-11-3-4-12-9(5-6-18-12)13(11)17-14/h5-6,8,10H,3-4,7,15H2,1-2H3,(H,16,17). The van der Waals surface area contributed by atoms with Gasteiger partial charge in [0.25, 0.3) is 0 Å². The molecule has 0 bridgehead atoms. The molecule has 1 atom stereocenters. The first-order valence-electron chi connectivity index (χ1n) is 6.56. The first-order chi connectivity index (χ1) is 8.65. The monoisotopic (exact) mass is 261 g/mol. The van der Waals surface area contributed by atoms with Gasteiger partial charge in [0, 0.05) is 16.1 Å². The van der Waals surface area contributed by atoms with Crippen molar-refractivity contribution in [1.29, 1.82) is 0 Å². The van der Waals surface area contributed by atoms with E-state index in [9.17, 15) is 0 Å². The molecule has 3 N–H and O–H groups in total. The average molecular weight is 261 g/mol. The van der Waals surface area contributed by atoms with Gasteiger partial charge in [-0.3, -0.25) is 0 Å². The topological polar surface area (TPSA) is 54.7 Å².